The molecular weight excluding hydrogens is 164 g/mol. The normalized spacial score (nSPS) is 10.2. The van der Waals surface area contributed by atoms with Crippen LogP contribution in [0.2, 0.25) is 0 Å². The Labute approximate surface area is 76.2 Å². The predicted octanol–water partition coefficient (Wildman–Crippen LogP) is 1.99. The summed E-state index contributed by atoms with van der Waals surface area (Å²) in [5.74, 6) is 1.19. The average Bonchev–Trinajstić information content (AvgIpc) is 2.16. The molecule has 2 rings (SSSR count). The lowest BCUT2D eigenvalue weighted by atomic mass is 10.2. The van der Waals surface area contributed by atoms with Crippen molar-refractivity contribution in [3.05, 3.63) is 37.4 Å². The smallest absolute Gasteiger partial charge is 0.124 e. The summed E-state index contributed by atoms with van der Waals surface area (Å²) < 4.78 is 4.83. The largest absolute Gasteiger partial charge is 0.490 e. The van der Waals surface area contributed by atoms with Crippen LogP contribution in [0, 0.1) is 7.11 Å². The van der Waals surface area contributed by atoms with Gasteiger partial charge in [-0.25, -0.2) is 4.98 Å². The van der Waals surface area contributed by atoms with Gasteiger partial charge in [-0.1, -0.05) is 0 Å². The molecule has 0 aliphatic carbocycles. The molecule has 0 unspecified atom stereocenters. The van der Waals surface area contributed by atoms with Crippen LogP contribution in [-0.4, -0.2) is 4.98 Å². The molecule has 2 N–H and O–H groups in total. The first-order valence-electron chi connectivity index (χ1n) is 3.88. The second-order valence-corrected chi connectivity index (χ2v) is 2.73. The fourth-order valence-corrected chi connectivity index (χ4v) is 1.20. The topological polar surface area (TPSA) is 48.1 Å². The van der Waals surface area contributed by atoms with Crippen molar-refractivity contribution in [2.24, 2.45) is 0 Å². The molecule has 0 atom stereocenters. The molecule has 13 heavy (non-hydrogen) atoms. The van der Waals surface area contributed by atoms with Gasteiger partial charge in [-0.15, -0.1) is 0 Å². The quantitative estimate of drug-likeness (QED) is 0.717. The monoisotopic (exact) mass is 173 g/mol. The molecule has 65 valence electrons. The van der Waals surface area contributed by atoms with Gasteiger partial charge >= 0.3 is 0 Å². The summed E-state index contributed by atoms with van der Waals surface area (Å²) in [5, 5.41) is 1.04. The first-order chi connectivity index (χ1) is 6.29. The molecule has 0 saturated heterocycles. The van der Waals surface area contributed by atoms with E-state index in [4.69, 9.17) is 10.5 Å². The van der Waals surface area contributed by atoms with Crippen LogP contribution < -0.4 is 10.5 Å². The summed E-state index contributed by atoms with van der Waals surface area (Å²) >= 11 is 0. The summed E-state index contributed by atoms with van der Waals surface area (Å²) in [6, 6.07) is 9.26. The number of nitrogen functional groups attached to an aromatic ring is 1. The van der Waals surface area contributed by atoms with Crippen LogP contribution in [0.1, 0.15) is 0 Å². The Morgan fingerprint density at radius 2 is 2.00 bits per heavy atom. The van der Waals surface area contributed by atoms with Crippen LogP contribution in [0.5, 0.6) is 5.75 Å². The van der Waals surface area contributed by atoms with E-state index >= 15 is 0 Å². The lowest BCUT2D eigenvalue weighted by Crippen LogP contribution is -1.89. The highest BCUT2D eigenvalue weighted by Crippen LogP contribution is 2.19. The summed E-state index contributed by atoms with van der Waals surface area (Å²) in [7, 11) is 3.33. The van der Waals surface area contributed by atoms with Crippen molar-refractivity contribution in [3.63, 3.8) is 0 Å². The fourth-order valence-electron chi connectivity index (χ4n) is 1.20. The molecule has 0 bridgehead atoms. The van der Waals surface area contributed by atoms with Gasteiger partial charge in [0.05, 0.1) is 5.52 Å². The number of rotatable bonds is 1. The highest BCUT2D eigenvalue weighted by Gasteiger charge is 1.97. The molecule has 2 aromatic rings. The maximum atomic E-state index is 5.55. The number of nitrogens with zero attached hydrogens (tertiary/aromatic N) is 1. The summed E-state index contributed by atoms with van der Waals surface area (Å²) in [4.78, 5) is 4.15. The SMILES string of the molecule is [CH2]Oc1ccc2ccc(N)nc2c1. The minimum atomic E-state index is 0.508. The van der Waals surface area contributed by atoms with Gasteiger partial charge in [-0.05, 0) is 24.3 Å². The molecule has 1 aromatic carbocycles. The Bertz CT molecular complexity index is 440. The summed E-state index contributed by atoms with van der Waals surface area (Å²) in [6.07, 6.45) is 0. The second-order valence-electron chi connectivity index (χ2n) is 2.73. The van der Waals surface area contributed by atoms with E-state index in [1.54, 1.807) is 12.1 Å². The number of benzene rings is 1. The van der Waals surface area contributed by atoms with Crippen molar-refractivity contribution >= 4 is 16.7 Å². The van der Waals surface area contributed by atoms with Crippen molar-refractivity contribution in [3.8, 4) is 5.75 Å². The van der Waals surface area contributed by atoms with Crippen LogP contribution in [0.3, 0.4) is 0 Å². The zero-order valence-electron chi connectivity index (χ0n) is 7.03. The highest BCUT2D eigenvalue weighted by atomic mass is 16.5. The maximum absolute atomic E-state index is 5.55. The fraction of sp³-hybridized carbons (Fsp3) is 0. The molecule has 0 saturated carbocycles. The third kappa shape index (κ3) is 1.40. The van der Waals surface area contributed by atoms with Crippen LogP contribution in [0.15, 0.2) is 30.3 Å². The van der Waals surface area contributed by atoms with Crippen LogP contribution in [0.25, 0.3) is 10.9 Å². The number of ether oxygens (including phenoxy) is 1. The molecular formula is C10H9N2O. The van der Waals surface area contributed by atoms with Gasteiger partial charge in [-0.3, -0.25) is 0 Å². The predicted molar refractivity (Wildman–Crippen MR) is 52.1 cm³/mol. The molecule has 0 aliphatic rings. The van der Waals surface area contributed by atoms with Crippen molar-refractivity contribution in [2.45, 2.75) is 0 Å². The number of hydrogen-bond donors (Lipinski definition) is 1. The van der Waals surface area contributed by atoms with E-state index in [-0.39, 0.29) is 0 Å². The number of nitrogens with two attached hydrogens (primary N) is 1. The zero-order chi connectivity index (χ0) is 9.26. The van der Waals surface area contributed by atoms with Gasteiger partial charge in [0.15, 0.2) is 0 Å². The molecule has 0 aliphatic heterocycles. The van der Waals surface area contributed by atoms with Crippen LogP contribution >= 0.6 is 0 Å². The van der Waals surface area contributed by atoms with Crippen molar-refractivity contribution in [2.75, 3.05) is 5.73 Å². The van der Waals surface area contributed by atoms with E-state index in [2.05, 4.69) is 12.1 Å². The van der Waals surface area contributed by atoms with E-state index < -0.39 is 0 Å². The number of fused-ring (bicyclic) bond motifs is 1. The Kier molecular flexibility index (Phi) is 1.77. The minimum Gasteiger partial charge on any atom is -0.490 e. The number of hydrogen-bond acceptors (Lipinski definition) is 3. The highest BCUT2D eigenvalue weighted by molar-refractivity contribution is 5.81. The molecule has 0 spiro atoms. The van der Waals surface area contributed by atoms with E-state index in [9.17, 15) is 0 Å². The van der Waals surface area contributed by atoms with Crippen LogP contribution in [-0.2, 0) is 0 Å². The lowest BCUT2D eigenvalue weighted by Gasteiger charge is -2.01. The van der Waals surface area contributed by atoms with E-state index in [1.165, 1.54) is 0 Å². The lowest BCUT2D eigenvalue weighted by molar-refractivity contribution is 0.473. The molecule has 1 aromatic heterocycles. The Balaban J connectivity index is 2.68. The maximum Gasteiger partial charge on any atom is 0.124 e. The zero-order valence-corrected chi connectivity index (χ0v) is 7.03. The molecule has 0 amide bonds. The molecule has 0 fully saturated rings. The Morgan fingerprint density at radius 3 is 2.77 bits per heavy atom. The summed E-state index contributed by atoms with van der Waals surface area (Å²) in [6.45, 7) is 0. The van der Waals surface area contributed by atoms with Crippen molar-refractivity contribution < 1.29 is 4.74 Å². The van der Waals surface area contributed by atoms with E-state index in [0.29, 0.717) is 11.6 Å². The molecule has 3 heteroatoms. The standard InChI is InChI=1S/C10H9N2O/c1-13-8-4-2-7-3-5-10(11)12-9(7)6-8/h2-6H,1H2,(H2,11,12). The second kappa shape index (κ2) is 2.94. The third-order valence-corrected chi connectivity index (χ3v) is 1.85. The van der Waals surface area contributed by atoms with E-state index in [0.717, 1.165) is 10.9 Å². The first-order valence-corrected chi connectivity index (χ1v) is 3.88. The number of pyridine rings is 1. The van der Waals surface area contributed by atoms with Gasteiger partial charge in [-0.2, -0.15) is 0 Å². The van der Waals surface area contributed by atoms with Gasteiger partial charge in [0.2, 0.25) is 0 Å². The Morgan fingerprint density at radius 1 is 1.23 bits per heavy atom. The van der Waals surface area contributed by atoms with Gasteiger partial charge in [0.25, 0.3) is 0 Å². The Hall–Kier alpha value is -1.77. The van der Waals surface area contributed by atoms with E-state index in [1.807, 2.05) is 18.2 Å². The first kappa shape index (κ1) is 7.86. The third-order valence-electron chi connectivity index (χ3n) is 1.85. The minimum absolute atomic E-state index is 0.508. The summed E-state index contributed by atoms with van der Waals surface area (Å²) in [5.41, 5.74) is 6.37. The number of anilines is 1. The number of aromatic nitrogens is 1. The molecule has 1 radical (unpaired) electrons. The van der Waals surface area contributed by atoms with Gasteiger partial charge in [0.1, 0.15) is 18.7 Å². The van der Waals surface area contributed by atoms with Crippen molar-refractivity contribution in [1.29, 1.82) is 0 Å². The van der Waals surface area contributed by atoms with Gasteiger partial charge in [0, 0.05) is 11.5 Å². The molecule has 3 nitrogen and oxygen atoms in total. The van der Waals surface area contributed by atoms with Crippen molar-refractivity contribution in [1.82, 2.24) is 4.98 Å². The van der Waals surface area contributed by atoms with Gasteiger partial charge < -0.3 is 10.5 Å². The molecule has 1 heterocycles. The average molecular weight is 173 g/mol. The van der Waals surface area contributed by atoms with Crippen LogP contribution in [0.4, 0.5) is 5.82 Å².